The second-order valence-corrected chi connectivity index (χ2v) is 4.64. The number of benzene rings is 1. The summed E-state index contributed by atoms with van der Waals surface area (Å²) in [5, 5.41) is 2.61. The third kappa shape index (κ3) is 5.24. The third-order valence-electron chi connectivity index (χ3n) is 2.24. The molecule has 0 fully saturated rings. The summed E-state index contributed by atoms with van der Waals surface area (Å²) in [5.74, 6) is -0.527. The molecule has 0 unspecified atom stereocenters. The normalized spacial score (nSPS) is 11.7. The molecule has 1 aromatic rings. The van der Waals surface area contributed by atoms with Crippen molar-refractivity contribution in [3.8, 4) is 0 Å². The van der Waals surface area contributed by atoms with Crippen molar-refractivity contribution in [2.24, 2.45) is 0 Å². The molecule has 7 heteroatoms. The van der Waals surface area contributed by atoms with Crippen LogP contribution in [0.25, 0.3) is 0 Å². The molecule has 0 saturated carbocycles. The molecule has 1 rings (SSSR count). The monoisotopic (exact) mass is 351 g/mol. The second kappa shape index (κ2) is 7.33. The molecule has 0 bridgehead atoms. The first kappa shape index (κ1) is 16.6. The standard InChI is InChI=1S/C13H13BrF3NO2/c1-2-20-12(19)4-3-7-18-11-6-5-9(14)8-10(11)13(15,16)17/h3-6,8,18H,2,7H2,1H3/b4-3+. The molecule has 0 aromatic heterocycles. The number of carbonyl (C=O) groups is 1. The summed E-state index contributed by atoms with van der Waals surface area (Å²) in [6.07, 6.45) is -1.88. The summed E-state index contributed by atoms with van der Waals surface area (Å²) in [6, 6.07) is 3.83. The fourth-order valence-corrected chi connectivity index (χ4v) is 1.78. The van der Waals surface area contributed by atoms with Crippen LogP contribution in [0.4, 0.5) is 18.9 Å². The van der Waals surface area contributed by atoms with Crippen molar-refractivity contribution < 1.29 is 22.7 Å². The molecule has 0 amide bonds. The molecule has 0 atom stereocenters. The van der Waals surface area contributed by atoms with E-state index in [4.69, 9.17) is 0 Å². The Morgan fingerprint density at radius 3 is 2.75 bits per heavy atom. The summed E-state index contributed by atoms with van der Waals surface area (Å²) in [7, 11) is 0. The Bertz CT molecular complexity index is 501. The van der Waals surface area contributed by atoms with Gasteiger partial charge >= 0.3 is 12.1 Å². The molecule has 0 radical (unpaired) electrons. The highest BCUT2D eigenvalue weighted by Gasteiger charge is 2.33. The van der Waals surface area contributed by atoms with Gasteiger partial charge in [0.1, 0.15) is 0 Å². The van der Waals surface area contributed by atoms with Crippen LogP contribution in [0, 0.1) is 0 Å². The Labute approximate surface area is 122 Å². The lowest BCUT2D eigenvalue weighted by molar-refractivity contribution is -0.138. The zero-order chi connectivity index (χ0) is 15.2. The number of alkyl halides is 3. The first-order valence-corrected chi connectivity index (χ1v) is 6.57. The minimum Gasteiger partial charge on any atom is -0.463 e. The van der Waals surface area contributed by atoms with Gasteiger partial charge < -0.3 is 10.1 Å². The van der Waals surface area contributed by atoms with E-state index < -0.39 is 17.7 Å². The summed E-state index contributed by atoms with van der Waals surface area (Å²) in [4.78, 5) is 11.0. The number of hydrogen-bond donors (Lipinski definition) is 1. The second-order valence-electron chi connectivity index (χ2n) is 3.72. The van der Waals surface area contributed by atoms with Crippen molar-refractivity contribution in [1.29, 1.82) is 0 Å². The first-order chi connectivity index (χ1) is 9.34. The van der Waals surface area contributed by atoms with Crippen LogP contribution in [-0.4, -0.2) is 19.1 Å². The number of hydrogen-bond acceptors (Lipinski definition) is 3. The van der Waals surface area contributed by atoms with E-state index in [2.05, 4.69) is 26.0 Å². The summed E-state index contributed by atoms with van der Waals surface area (Å²) in [6.45, 7) is 2.01. The topological polar surface area (TPSA) is 38.3 Å². The van der Waals surface area contributed by atoms with Gasteiger partial charge in [0.15, 0.2) is 0 Å². The minimum atomic E-state index is -4.45. The maximum absolute atomic E-state index is 12.8. The zero-order valence-corrected chi connectivity index (χ0v) is 12.2. The number of nitrogens with one attached hydrogen (secondary N) is 1. The van der Waals surface area contributed by atoms with Crippen LogP contribution >= 0.6 is 15.9 Å². The fourth-order valence-electron chi connectivity index (χ4n) is 1.42. The van der Waals surface area contributed by atoms with Crippen molar-refractivity contribution in [3.05, 3.63) is 40.4 Å². The molecule has 0 heterocycles. The van der Waals surface area contributed by atoms with Gasteiger partial charge in [0.05, 0.1) is 12.2 Å². The van der Waals surface area contributed by atoms with Crippen LogP contribution in [-0.2, 0) is 15.7 Å². The molecule has 1 aromatic carbocycles. The van der Waals surface area contributed by atoms with Gasteiger partial charge in [0, 0.05) is 22.8 Å². The predicted molar refractivity (Wildman–Crippen MR) is 73.4 cm³/mol. The number of carbonyl (C=O) groups excluding carboxylic acids is 1. The predicted octanol–water partition coefficient (Wildman–Crippen LogP) is 4.00. The molecule has 110 valence electrons. The van der Waals surface area contributed by atoms with Crippen LogP contribution in [0.15, 0.2) is 34.8 Å². The lowest BCUT2D eigenvalue weighted by atomic mass is 10.1. The van der Waals surface area contributed by atoms with Crippen molar-refractivity contribution in [2.45, 2.75) is 13.1 Å². The summed E-state index contributed by atoms with van der Waals surface area (Å²) >= 11 is 3.00. The summed E-state index contributed by atoms with van der Waals surface area (Å²) in [5.41, 5.74) is -0.814. The number of anilines is 1. The van der Waals surface area contributed by atoms with Gasteiger partial charge in [-0.15, -0.1) is 0 Å². The molecule has 0 aliphatic rings. The Morgan fingerprint density at radius 2 is 2.15 bits per heavy atom. The zero-order valence-electron chi connectivity index (χ0n) is 10.6. The molecular formula is C13H13BrF3NO2. The van der Waals surface area contributed by atoms with E-state index in [1.165, 1.54) is 24.3 Å². The molecule has 0 spiro atoms. The number of esters is 1. The van der Waals surface area contributed by atoms with E-state index in [9.17, 15) is 18.0 Å². The SMILES string of the molecule is CCOC(=O)/C=C/CNc1ccc(Br)cc1C(F)(F)F. The minimum absolute atomic E-state index is 0.0470. The first-order valence-electron chi connectivity index (χ1n) is 5.78. The fraction of sp³-hybridized carbons (Fsp3) is 0.308. The Morgan fingerprint density at radius 1 is 1.45 bits per heavy atom. The van der Waals surface area contributed by atoms with E-state index >= 15 is 0 Å². The molecule has 0 aliphatic carbocycles. The van der Waals surface area contributed by atoms with E-state index in [0.717, 1.165) is 6.07 Å². The quantitative estimate of drug-likeness (QED) is 0.643. The van der Waals surface area contributed by atoms with Crippen LogP contribution in [0.3, 0.4) is 0 Å². The van der Waals surface area contributed by atoms with Gasteiger partial charge in [-0.2, -0.15) is 13.2 Å². The largest absolute Gasteiger partial charge is 0.463 e. The van der Waals surface area contributed by atoms with E-state index in [1.807, 2.05) is 0 Å². The van der Waals surface area contributed by atoms with Crippen LogP contribution in [0.1, 0.15) is 12.5 Å². The van der Waals surface area contributed by atoms with Crippen LogP contribution in [0.5, 0.6) is 0 Å². The number of rotatable bonds is 5. The molecule has 0 saturated heterocycles. The maximum Gasteiger partial charge on any atom is 0.418 e. The Balaban J connectivity index is 2.71. The molecule has 1 N–H and O–H groups in total. The summed E-state index contributed by atoms with van der Waals surface area (Å²) < 4.78 is 43.4. The van der Waals surface area contributed by atoms with Gasteiger partial charge in [-0.1, -0.05) is 22.0 Å². The maximum atomic E-state index is 12.8. The lowest BCUT2D eigenvalue weighted by Crippen LogP contribution is -2.11. The highest BCUT2D eigenvalue weighted by atomic mass is 79.9. The average Bonchev–Trinajstić information content (AvgIpc) is 2.35. The number of ether oxygens (including phenoxy) is 1. The van der Waals surface area contributed by atoms with E-state index in [1.54, 1.807) is 6.92 Å². The van der Waals surface area contributed by atoms with E-state index in [0.29, 0.717) is 4.47 Å². The van der Waals surface area contributed by atoms with Crippen molar-refractivity contribution in [3.63, 3.8) is 0 Å². The molecular weight excluding hydrogens is 339 g/mol. The highest BCUT2D eigenvalue weighted by molar-refractivity contribution is 9.10. The van der Waals surface area contributed by atoms with Crippen molar-refractivity contribution in [1.82, 2.24) is 0 Å². The van der Waals surface area contributed by atoms with Crippen molar-refractivity contribution >= 4 is 27.6 Å². The Hall–Kier alpha value is -1.50. The highest BCUT2D eigenvalue weighted by Crippen LogP contribution is 2.36. The van der Waals surface area contributed by atoms with Gasteiger partial charge in [-0.25, -0.2) is 4.79 Å². The van der Waals surface area contributed by atoms with Crippen molar-refractivity contribution in [2.75, 3.05) is 18.5 Å². The Kier molecular flexibility index (Phi) is 6.06. The van der Waals surface area contributed by atoms with E-state index in [-0.39, 0.29) is 18.8 Å². The van der Waals surface area contributed by atoms with Gasteiger partial charge in [-0.3, -0.25) is 0 Å². The lowest BCUT2D eigenvalue weighted by Gasteiger charge is -2.14. The van der Waals surface area contributed by atoms with Gasteiger partial charge in [0.25, 0.3) is 0 Å². The molecule has 3 nitrogen and oxygen atoms in total. The number of halogens is 4. The molecule has 0 aliphatic heterocycles. The van der Waals surface area contributed by atoms with Crippen LogP contribution < -0.4 is 5.32 Å². The smallest absolute Gasteiger partial charge is 0.418 e. The third-order valence-corrected chi connectivity index (χ3v) is 2.73. The average molecular weight is 352 g/mol. The van der Waals surface area contributed by atoms with Crippen LogP contribution in [0.2, 0.25) is 0 Å². The van der Waals surface area contributed by atoms with Gasteiger partial charge in [0.2, 0.25) is 0 Å². The molecule has 20 heavy (non-hydrogen) atoms. The van der Waals surface area contributed by atoms with Gasteiger partial charge in [-0.05, 0) is 25.1 Å².